The van der Waals surface area contributed by atoms with Gasteiger partial charge in [0.2, 0.25) is 5.95 Å². The van der Waals surface area contributed by atoms with Crippen LogP contribution in [0.3, 0.4) is 0 Å². The first kappa shape index (κ1) is 24.0. The third-order valence-electron chi connectivity index (χ3n) is 5.92. The molecule has 1 amide bonds. The van der Waals surface area contributed by atoms with Crippen LogP contribution in [0.2, 0.25) is 5.02 Å². The largest absolute Gasteiger partial charge is 0.495 e. The van der Waals surface area contributed by atoms with Gasteiger partial charge >= 0.3 is 0 Å². The van der Waals surface area contributed by atoms with Crippen LogP contribution in [0.5, 0.6) is 5.75 Å². The highest BCUT2D eigenvalue weighted by molar-refractivity contribution is 6.32. The van der Waals surface area contributed by atoms with E-state index >= 15 is 0 Å². The van der Waals surface area contributed by atoms with Crippen LogP contribution in [0.15, 0.2) is 29.4 Å². The second-order valence-corrected chi connectivity index (χ2v) is 8.63. The Kier molecular flexibility index (Phi) is 8.02. The monoisotopic (exact) mass is 487 g/mol. The number of rotatable bonds is 9. The molecule has 0 saturated carbocycles. The van der Waals surface area contributed by atoms with Gasteiger partial charge in [-0.3, -0.25) is 9.79 Å². The molecule has 182 valence electrons. The molecule has 0 radical (unpaired) electrons. The molecule has 0 aliphatic carbocycles. The number of halogens is 1. The maximum absolute atomic E-state index is 13.0. The van der Waals surface area contributed by atoms with Gasteiger partial charge in [-0.05, 0) is 37.0 Å². The van der Waals surface area contributed by atoms with Crippen molar-refractivity contribution in [1.29, 1.82) is 0 Å². The number of carbonyl (C=O) groups excluding carboxylic acids is 1. The fourth-order valence-corrected chi connectivity index (χ4v) is 4.35. The molecule has 3 heterocycles. The Morgan fingerprint density at radius 2 is 2.24 bits per heavy atom. The molecule has 4 rings (SSSR count). The number of ether oxygens (including phenoxy) is 1. The van der Waals surface area contributed by atoms with Gasteiger partial charge in [-0.2, -0.15) is 4.98 Å². The van der Waals surface area contributed by atoms with Crippen LogP contribution in [-0.4, -0.2) is 72.8 Å². The summed E-state index contributed by atoms with van der Waals surface area (Å²) >= 11 is 6.26. The lowest BCUT2D eigenvalue weighted by Crippen LogP contribution is -2.40. The lowest BCUT2D eigenvalue weighted by atomic mass is 10.2. The number of carbonyl (C=O) groups is 1. The number of nitrogens with one attached hydrogen (secondary N) is 3. The van der Waals surface area contributed by atoms with Crippen LogP contribution >= 0.6 is 11.6 Å². The summed E-state index contributed by atoms with van der Waals surface area (Å²) in [5.74, 6) is 1.97. The topological polar surface area (TPSA) is 124 Å². The van der Waals surface area contributed by atoms with Gasteiger partial charge in [0, 0.05) is 32.4 Å². The van der Waals surface area contributed by atoms with Crippen molar-refractivity contribution < 1.29 is 14.6 Å². The molecule has 4 N–H and O–H groups in total. The number of aliphatic hydroxyl groups is 1. The molecule has 10 nitrogen and oxygen atoms in total. The Morgan fingerprint density at radius 1 is 1.35 bits per heavy atom. The number of benzene rings is 1. The van der Waals surface area contributed by atoms with Crippen molar-refractivity contribution >= 4 is 35.1 Å². The molecular formula is C23H30ClN7O3. The normalized spacial score (nSPS) is 17.7. The average molecular weight is 488 g/mol. The number of aromatic nitrogens is 2. The maximum Gasteiger partial charge on any atom is 0.256 e. The maximum atomic E-state index is 13.0. The third-order valence-corrected chi connectivity index (χ3v) is 6.22. The second-order valence-electron chi connectivity index (χ2n) is 8.22. The molecule has 1 aromatic heterocycles. The quantitative estimate of drug-likeness (QED) is 0.422. The zero-order chi connectivity index (χ0) is 23.9. The highest BCUT2D eigenvalue weighted by Crippen LogP contribution is 2.27. The number of amides is 1. The van der Waals surface area contributed by atoms with Crippen LogP contribution in [0.4, 0.5) is 11.8 Å². The highest BCUT2D eigenvalue weighted by atomic mass is 35.5. The van der Waals surface area contributed by atoms with Gasteiger partial charge in [0.25, 0.3) is 5.91 Å². The van der Waals surface area contributed by atoms with Crippen molar-refractivity contribution in [2.75, 3.05) is 50.1 Å². The van der Waals surface area contributed by atoms with Crippen LogP contribution in [-0.2, 0) is 6.54 Å². The lowest BCUT2D eigenvalue weighted by molar-refractivity contribution is 0.0959. The van der Waals surface area contributed by atoms with Crippen molar-refractivity contribution in [1.82, 2.24) is 20.6 Å². The fraction of sp³-hybridized carbons (Fsp3) is 0.478. The smallest absolute Gasteiger partial charge is 0.256 e. The molecule has 2 aliphatic heterocycles. The van der Waals surface area contributed by atoms with E-state index in [1.165, 1.54) is 6.20 Å². The van der Waals surface area contributed by atoms with Gasteiger partial charge in [-0.25, -0.2) is 4.98 Å². The summed E-state index contributed by atoms with van der Waals surface area (Å²) in [4.78, 5) is 28.5. The van der Waals surface area contributed by atoms with Crippen LogP contribution in [0, 0.1) is 0 Å². The van der Waals surface area contributed by atoms with E-state index in [4.69, 9.17) is 16.3 Å². The first-order valence-electron chi connectivity index (χ1n) is 11.4. The van der Waals surface area contributed by atoms with Crippen molar-refractivity contribution in [2.45, 2.75) is 31.8 Å². The van der Waals surface area contributed by atoms with Crippen LogP contribution < -0.4 is 25.6 Å². The van der Waals surface area contributed by atoms with Gasteiger partial charge in [0.1, 0.15) is 23.0 Å². The zero-order valence-electron chi connectivity index (χ0n) is 19.2. The Morgan fingerprint density at radius 3 is 2.97 bits per heavy atom. The molecule has 2 aliphatic rings. The van der Waals surface area contributed by atoms with Crippen LogP contribution in [0.1, 0.15) is 35.2 Å². The zero-order valence-corrected chi connectivity index (χ0v) is 19.9. The summed E-state index contributed by atoms with van der Waals surface area (Å²) < 4.78 is 5.22. The Balaban J connectivity index is 1.54. The predicted molar refractivity (Wildman–Crippen MR) is 132 cm³/mol. The van der Waals surface area contributed by atoms with E-state index < -0.39 is 0 Å². The molecule has 1 unspecified atom stereocenters. The number of aliphatic hydroxyl groups excluding tert-OH is 1. The molecule has 2 aromatic rings. The van der Waals surface area contributed by atoms with E-state index in [2.05, 4.69) is 30.9 Å². The summed E-state index contributed by atoms with van der Waals surface area (Å²) in [6.07, 6.45) is 4.36. The van der Waals surface area contributed by atoms with Crippen molar-refractivity contribution in [2.24, 2.45) is 4.99 Å². The summed E-state index contributed by atoms with van der Waals surface area (Å²) in [6.45, 7) is 3.12. The summed E-state index contributed by atoms with van der Waals surface area (Å²) in [6, 6.07) is 5.48. The first-order chi connectivity index (χ1) is 16.6. The van der Waals surface area contributed by atoms with Crippen molar-refractivity contribution in [3.8, 4) is 5.75 Å². The standard InChI is InChI=1S/C23H30ClN7O3/c1-34-19-6-5-15(10-18(19)24)11-27-21-17(22(33)28-13-20-25-7-3-8-26-20)12-29-23(30-21)31-9-2-4-16(31)14-32/h5-6,10,12,16,32H,2-4,7-9,11,13-14H2,1H3,(H,25,26)(H,28,33)(H,27,29,30). The minimum atomic E-state index is -0.294. The summed E-state index contributed by atoms with van der Waals surface area (Å²) in [5, 5.41) is 19.6. The van der Waals surface area contributed by atoms with E-state index in [1.54, 1.807) is 13.2 Å². The molecule has 1 aromatic carbocycles. The molecule has 0 bridgehead atoms. The van der Waals surface area contributed by atoms with Crippen molar-refractivity contribution in [3.63, 3.8) is 0 Å². The molecule has 1 atom stereocenters. The molecular weight excluding hydrogens is 458 g/mol. The molecule has 1 saturated heterocycles. The molecule has 34 heavy (non-hydrogen) atoms. The summed E-state index contributed by atoms with van der Waals surface area (Å²) in [5.41, 5.74) is 1.24. The van der Waals surface area contributed by atoms with Gasteiger partial charge in [0.15, 0.2) is 0 Å². The predicted octanol–water partition coefficient (Wildman–Crippen LogP) is 1.83. The van der Waals surface area contributed by atoms with Gasteiger partial charge in [-0.15, -0.1) is 0 Å². The van der Waals surface area contributed by atoms with Gasteiger partial charge < -0.3 is 30.7 Å². The highest BCUT2D eigenvalue weighted by Gasteiger charge is 2.27. The van der Waals surface area contributed by atoms with E-state index in [0.717, 1.165) is 50.3 Å². The average Bonchev–Trinajstić information content (AvgIpc) is 3.35. The van der Waals surface area contributed by atoms with E-state index in [0.29, 0.717) is 41.2 Å². The van der Waals surface area contributed by atoms with Crippen molar-refractivity contribution in [3.05, 3.63) is 40.5 Å². The number of methoxy groups -OCH3 is 1. The van der Waals surface area contributed by atoms with Crippen LogP contribution in [0.25, 0.3) is 0 Å². The number of nitrogens with zero attached hydrogens (tertiary/aromatic N) is 4. The van der Waals surface area contributed by atoms with E-state index in [1.807, 2.05) is 17.0 Å². The van der Waals surface area contributed by atoms with E-state index in [-0.39, 0.29) is 18.6 Å². The Bertz CT molecular complexity index is 1050. The third kappa shape index (κ3) is 5.68. The minimum absolute atomic E-state index is 0.0247. The fourth-order valence-electron chi connectivity index (χ4n) is 4.07. The minimum Gasteiger partial charge on any atom is -0.495 e. The van der Waals surface area contributed by atoms with Gasteiger partial charge in [0.05, 0.1) is 31.3 Å². The number of amidine groups is 1. The number of hydrogen-bond acceptors (Lipinski definition) is 9. The summed E-state index contributed by atoms with van der Waals surface area (Å²) in [7, 11) is 1.57. The SMILES string of the molecule is COc1ccc(CNc2nc(N3CCCC3CO)ncc2C(=O)NCC2=NCCCN2)cc1Cl. The van der Waals surface area contributed by atoms with Gasteiger partial charge in [-0.1, -0.05) is 17.7 Å². The number of anilines is 2. The Hall–Kier alpha value is -3.11. The Labute approximate surface area is 203 Å². The number of aliphatic imine (C=N–C) groups is 1. The van der Waals surface area contributed by atoms with E-state index in [9.17, 15) is 9.90 Å². The number of hydrogen-bond donors (Lipinski definition) is 4. The lowest BCUT2D eigenvalue weighted by Gasteiger charge is -2.24. The molecule has 0 spiro atoms. The molecule has 1 fully saturated rings. The molecule has 11 heteroatoms. The first-order valence-corrected chi connectivity index (χ1v) is 11.8. The second kappa shape index (κ2) is 11.3.